The SMILES string of the molecule is CC(C(=O)NCC1(C(=O)O)CCCCC1)S(=O)(=O)C1CCOCC1. The van der Waals surface area contributed by atoms with Gasteiger partial charge in [-0.1, -0.05) is 19.3 Å². The molecule has 0 radical (unpaired) electrons. The maximum absolute atomic E-state index is 12.6. The number of aliphatic carboxylic acids is 1. The quantitative estimate of drug-likeness (QED) is 0.734. The highest BCUT2D eigenvalue weighted by Gasteiger charge is 2.41. The minimum Gasteiger partial charge on any atom is -0.481 e. The van der Waals surface area contributed by atoms with E-state index >= 15 is 0 Å². The largest absolute Gasteiger partial charge is 0.481 e. The maximum Gasteiger partial charge on any atom is 0.311 e. The van der Waals surface area contributed by atoms with E-state index in [9.17, 15) is 23.1 Å². The van der Waals surface area contributed by atoms with Gasteiger partial charge in [-0.3, -0.25) is 9.59 Å². The van der Waals surface area contributed by atoms with Crippen LogP contribution < -0.4 is 5.32 Å². The first-order valence-corrected chi connectivity index (χ1v) is 10.2. The van der Waals surface area contributed by atoms with Gasteiger partial charge in [-0.2, -0.15) is 0 Å². The smallest absolute Gasteiger partial charge is 0.311 e. The van der Waals surface area contributed by atoms with Crippen LogP contribution in [-0.4, -0.2) is 55.7 Å². The van der Waals surface area contributed by atoms with Crippen LogP contribution in [0.3, 0.4) is 0 Å². The van der Waals surface area contributed by atoms with E-state index in [0.29, 0.717) is 38.9 Å². The highest BCUT2D eigenvalue weighted by Crippen LogP contribution is 2.36. The van der Waals surface area contributed by atoms with Crippen molar-refractivity contribution in [1.82, 2.24) is 5.32 Å². The molecule has 0 spiro atoms. The van der Waals surface area contributed by atoms with Gasteiger partial charge in [0.25, 0.3) is 0 Å². The molecule has 1 atom stereocenters. The second-order valence-corrected chi connectivity index (χ2v) is 9.46. The van der Waals surface area contributed by atoms with Gasteiger partial charge in [-0.05, 0) is 32.6 Å². The number of sulfone groups is 1. The number of amides is 1. The van der Waals surface area contributed by atoms with E-state index in [2.05, 4.69) is 5.32 Å². The summed E-state index contributed by atoms with van der Waals surface area (Å²) in [5.74, 6) is -1.52. The van der Waals surface area contributed by atoms with Crippen molar-refractivity contribution in [3.63, 3.8) is 0 Å². The summed E-state index contributed by atoms with van der Waals surface area (Å²) < 4.78 is 30.3. The molecule has 2 N–H and O–H groups in total. The van der Waals surface area contributed by atoms with Crippen LogP contribution in [0.15, 0.2) is 0 Å². The fourth-order valence-corrected chi connectivity index (χ4v) is 5.35. The first-order chi connectivity index (χ1) is 11.3. The van der Waals surface area contributed by atoms with Gasteiger partial charge in [0.2, 0.25) is 5.91 Å². The molecule has 1 unspecified atom stereocenters. The van der Waals surface area contributed by atoms with Crippen molar-refractivity contribution in [2.75, 3.05) is 19.8 Å². The number of ether oxygens (including phenoxy) is 1. The van der Waals surface area contributed by atoms with E-state index in [1.807, 2.05) is 0 Å². The Morgan fingerprint density at radius 1 is 1.21 bits per heavy atom. The van der Waals surface area contributed by atoms with Gasteiger partial charge < -0.3 is 15.2 Å². The van der Waals surface area contributed by atoms with Crippen LogP contribution in [0.5, 0.6) is 0 Å². The van der Waals surface area contributed by atoms with Gasteiger partial charge in [-0.15, -0.1) is 0 Å². The van der Waals surface area contributed by atoms with Crippen LogP contribution in [0.1, 0.15) is 51.9 Å². The van der Waals surface area contributed by atoms with Gasteiger partial charge >= 0.3 is 5.97 Å². The molecule has 1 amide bonds. The molecule has 0 aromatic carbocycles. The summed E-state index contributed by atoms with van der Waals surface area (Å²) in [5, 5.41) is 10.4. The molecule has 24 heavy (non-hydrogen) atoms. The third-order valence-electron chi connectivity index (χ3n) is 5.36. The molecule has 0 aromatic rings. The lowest BCUT2D eigenvalue weighted by Crippen LogP contribution is -2.49. The Bertz CT molecular complexity index is 561. The van der Waals surface area contributed by atoms with Crippen LogP contribution in [0, 0.1) is 5.41 Å². The summed E-state index contributed by atoms with van der Waals surface area (Å²) in [4.78, 5) is 23.9. The minimum absolute atomic E-state index is 0.00515. The molecule has 7 nitrogen and oxygen atoms in total. The summed E-state index contributed by atoms with van der Waals surface area (Å²) >= 11 is 0. The van der Waals surface area contributed by atoms with Crippen LogP contribution in [0.25, 0.3) is 0 Å². The molecule has 1 saturated heterocycles. The molecule has 138 valence electrons. The molecule has 2 aliphatic rings. The molecule has 8 heteroatoms. The average Bonchev–Trinajstić information content (AvgIpc) is 2.60. The second kappa shape index (κ2) is 7.82. The first kappa shape index (κ1) is 19.2. The lowest BCUT2D eigenvalue weighted by molar-refractivity contribution is -0.151. The first-order valence-electron chi connectivity index (χ1n) is 8.61. The third kappa shape index (κ3) is 4.08. The van der Waals surface area contributed by atoms with Crippen molar-refractivity contribution in [2.45, 2.75) is 62.4 Å². The Morgan fingerprint density at radius 2 is 1.79 bits per heavy atom. The summed E-state index contributed by atoms with van der Waals surface area (Å²) in [5.41, 5.74) is -0.962. The fourth-order valence-electron chi connectivity index (χ4n) is 3.54. The molecular formula is C16H27NO6S. The maximum atomic E-state index is 12.6. The Hall–Kier alpha value is -1.15. The average molecular weight is 361 g/mol. The Morgan fingerprint density at radius 3 is 2.33 bits per heavy atom. The predicted molar refractivity (Wildman–Crippen MR) is 88.4 cm³/mol. The highest BCUT2D eigenvalue weighted by molar-refractivity contribution is 7.93. The monoisotopic (exact) mass is 361 g/mol. The highest BCUT2D eigenvalue weighted by atomic mass is 32.2. The van der Waals surface area contributed by atoms with Crippen molar-refractivity contribution in [3.8, 4) is 0 Å². The zero-order chi connectivity index (χ0) is 17.8. The van der Waals surface area contributed by atoms with E-state index in [1.165, 1.54) is 6.92 Å². The molecule has 1 aliphatic carbocycles. The van der Waals surface area contributed by atoms with Crippen molar-refractivity contribution < 1.29 is 27.9 Å². The molecular weight excluding hydrogens is 334 g/mol. The van der Waals surface area contributed by atoms with Crippen molar-refractivity contribution in [2.24, 2.45) is 5.41 Å². The van der Waals surface area contributed by atoms with Crippen LogP contribution >= 0.6 is 0 Å². The van der Waals surface area contributed by atoms with Crippen LogP contribution in [-0.2, 0) is 24.2 Å². The number of carbonyl (C=O) groups excluding carboxylic acids is 1. The zero-order valence-electron chi connectivity index (χ0n) is 14.1. The Labute approximate surface area is 143 Å². The van der Waals surface area contributed by atoms with Crippen molar-refractivity contribution >= 4 is 21.7 Å². The fraction of sp³-hybridized carbons (Fsp3) is 0.875. The number of carboxylic acids is 1. The number of carboxylic acid groups (broad SMARTS) is 1. The number of hydrogen-bond acceptors (Lipinski definition) is 5. The van der Waals surface area contributed by atoms with E-state index in [1.54, 1.807) is 0 Å². The number of carbonyl (C=O) groups is 2. The lowest BCUT2D eigenvalue weighted by Gasteiger charge is -2.33. The third-order valence-corrected chi connectivity index (χ3v) is 7.96. The van der Waals surface area contributed by atoms with E-state index in [0.717, 1.165) is 19.3 Å². The summed E-state index contributed by atoms with van der Waals surface area (Å²) in [6.07, 6.45) is 4.47. The Kier molecular flexibility index (Phi) is 6.25. The number of hydrogen-bond donors (Lipinski definition) is 2. The summed E-state index contributed by atoms with van der Waals surface area (Å²) in [6.45, 7) is 2.16. The van der Waals surface area contributed by atoms with E-state index in [4.69, 9.17) is 4.74 Å². The summed E-state index contributed by atoms with van der Waals surface area (Å²) in [7, 11) is -3.59. The van der Waals surface area contributed by atoms with E-state index < -0.39 is 37.6 Å². The molecule has 0 aromatic heterocycles. The molecule has 2 rings (SSSR count). The molecule has 0 bridgehead atoms. The lowest BCUT2D eigenvalue weighted by atomic mass is 9.74. The standard InChI is InChI=1S/C16H27NO6S/c1-12(24(21,22)13-5-9-23-10-6-13)14(18)17-11-16(15(19)20)7-3-2-4-8-16/h12-13H,2-11H2,1H3,(H,17,18)(H,19,20). The number of nitrogens with one attached hydrogen (secondary N) is 1. The normalized spacial score (nSPS) is 23.4. The Balaban J connectivity index is 1.98. The minimum atomic E-state index is -3.59. The molecule has 2 fully saturated rings. The van der Waals surface area contributed by atoms with Crippen LogP contribution in [0.2, 0.25) is 0 Å². The van der Waals surface area contributed by atoms with Crippen molar-refractivity contribution in [3.05, 3.63) is 0 Å². The van der Waals surface area contributed by atoms with E-state index in [-0.39, 0.29) is 6.54 Å². The molecule has 1 saturated carbocycles. The predicted octanol–water partition coefficient (Wildman–Crippen LogP) is 1.12. The zero-order valence-corrected chi connectivity index (χ0v) is 14.9. The van der Waals surface area contributed by atoms with Crippen molar-refractivity contribution in [1.29, 1.82) is 0 Å². The molecule has 1 heterocycles. The summed E-state index contributed by atoms with van der Waals surface area (Å²) in [6, 6.07) is 0. The topological polar surface area (TPSA) is 110 Å². The van der Waals surface area contributed by atoms with Gasteiger partial charge in [0.15, 0.2) is 9.84 Å². The van der Waals surface area contributed by atoms with Crippen LogP contribution in [0.4, 0.5) is 0 Å². The van der Waals surface area contributed by atoms with Gasteiger partial charge in [0.05, 0.1) is 10.7 Å². The second-order valence-electron chi connectivity index (χ2n) is 6.91. The molecule has 1 aliphatic heterocycles. The number of rotatable bonds is 6. The van der Waals surface area contributed by atoms with Gasteiger partial charge in [0, 0.05) is 19.8 Å². The van der Waals surface area contributed by atoms with Gasteiger partial charge in [-0.25, -0.2) is 8.42 Å². The van der Waals surface area contributed by atoms with Gasteiger partial charge in [0.1, 0.15) is 5.25 Å².